The Balaban J connectivity index is 1.69. The van der Waals surface area contributed by atoms with Gasteiger partial charge < -0.3 is 44.1 Å². The van der Waals surface area contributed by atoms with E-state index >= 15 is 0 Å². The number of nitrogens with zero attached hydrogens (tertiary/aromatic N) is 3. The summed E-state index contributed by atoms with van der Waals surface area (Å²) < 4.78 is 21.9. The first-order valence-electron chi connectivity index (χ1n) is 17.3. The van der Waals surface area contributed by atoms with Crippen LogP contribution in [0, 0.1) is 0 Å². The minimum absolute atomic E-state index is 0.0582. The van der Waals surface area contributed by atoms with Crippen LogP contribution in [0.5, 0.6) is 0 Å². The molecule has 13 nitrogen and oxygen atoms in total. The second-order valence-electron chi connectivity index (χ2n) is 13.6. The highest BCUT2D eigenvalue weighted by molar-refractivity contribution is 5.71. The highest BCUT2D eigenvalue weighted by Gasteiger charge is 2.49. The number of carbonyl (C=O) groups excluding carboxylic acids is 3. The summed E-state index contributed by atoms with van der Waals surface area (Å²) in [4.78, 5) is 44.6. The van der Waals surface area contributed by atoms with Crippen molar-refractivity contribution in [1.29, 1.82) is 0 Å². The molecule has 2 aromatic carbocycles. The maximum Gasteiger partial charge on any atom is 0.410 e. The summed E-state index contributed by atoms with van der Waals surface area (Å²) in [6, 6.07) is 19.8. The molecule has 0 aromatic heterocycles. The molecule has 3 N–H and O–H groups in total. The van der Waals surface area contributed by atoms with Gasteiger partial charge in [0.1, 0.15) is 17.8 Å². The maximum absolute atomic E-state index is 13.3. The Hall–Kier alpha value is -3.59. The Morgan fingerprint density at radius 1 is 0.780 bits per heavy atom. The number of hydrogen-bond donors (Lipinski definition) is 3. The molecule has 0 aliphatic carbocycles. The number of aliphatic hydroxyl groups excluding tert-OH is 3. The third-order valence-corrected chi connectivity index (χ3v) is 8.07. The van der Waals surface area contributed by atoms with Crippen LogP contribution in [0.15, 0.2) is 60.7 Å². The van der Waals surface area contributed by atoms with Gasteiger partial charge in [-0.25, -0.2) is 4.79 Å². The van der Waals surface area contributed by atoms with E-state index in [1.807, 2.05) is 81.2 Å². The number of amides is 1. The van der Waals surface area contributed by atoms with Crippen LogP contribution in [-0.2, 0) is 41.6 Å². The van der Waals surface area contributed by atoms with Crippen molar-refractivity contribution in [1.82, 2.24) is 14.7 Å². The van der Waals surface area contributed by atoms with Crippen molar-refractivity contribution < 1.29 is 48.7 Å². The lowest BCUT2D eigenvalue weighted by atomic mass is 9.98. The number of likely N-dealkylation sites (N-methyl/N-ethyl adjacent to an activating group) is 1. The van der Waals surface area contributed by atoms with Gasteiger partial charge >= 0.3 is 18.0 Å². The molecule has 3 rings (SSSR count). The van der Waals surface area contributed by atoms with Crippen LogP contribution < -0.4 is 0 Å². The van der Waals surface area contributed by atoms with E-state index in [-0.39, 0.29) is 19.4 Å². The summed E-state index contributed by atoms with van der Waals surface area (Å²) in [5, 5.41) is 30.9. The first-order chi connectivity index (χ1) is 23.8. The van der Waals surface area contributed by atoms with Crippen LogP contribution in [0.4, 0.5) is 4.79 Å². The van der Waals surface area contributed by atoms with Crippen molar-refractivity contribution in [2.45, 2.75) is 96.4 Å². The van der Waals surface area contributed by atoms with Gasteiger partial charge in [0.15, 0.2) is 18.5 Å². The Morgan fingerprint density at radius 3 is 1.92 bits per heavy atom. The number of hydrogen-bond acceptors (Lipinski definition) is 12. The summed E-state index contributed by atoms with van der Waals surface area (Å²) in [6.07, 6.45) is -7.42. The van der Waals surface area contributed by atoms with Gasteiger partial charge in [-0.3, -0.25) is 14.5 Å². The van der Waals surface area contributed by atoms with Crippen molar-refractivity contribution in [2.75, 3.05) is 46.4 Å². The van der Waals surface area contributed by atoms with E-state index in [1.165, 1.54) is 5.56 Å². The van der Waals surface area contributed by atoms with E-state index in [0.29, 0.717) is 39.1 Å². The molecule has 13 heteroatoms. The molecule has 0 radical (unpaired) electrons. The van der Waals surface area contributed by atoms with Gasteiger partial charge in [0.2, 0.25) is 0 Å². The van der Waals surface area contributed by atoms with E-state index in [1.54, 1.807) is 11.8 Å². The number of benzene rings is 2. The van der Waals surface area contributed by atoms with Crippen molar-refractivity contribution in [3.63, 3.8) is 0 Å². The summed E-state index contributed by atoms with van der Waals surface area (Å²) in [5.74, 6) is -1.35. The predicted molar refractivity (Wildman–Crippen MR) is 186 cm³/mol. The third kappa shape index (κ3) is 14.0. The zero-order valence-corrected chi connectivity index (χ0v) is 30.0. The number of esters is 2. The zero-order chi connectivity index (χ0) is 36.7. The lowest BCUT2D eigenvalue weighted by molar-refractivity contribution is -0.293. The van der Waals surface area contributed by atoms with Gasteiger partial charge in [-0.1, -0.05) is 67.6 Å². The third-order valence-electron chi connectivity index (χ3n) is 8.07. The molecular formula is C37H55N3O10. The van der Waals surface area contributed by atoms with E-state index in [9.17, 15) is 29.7 Å². The van der Waals surface area contributed by atoms with Gasteiger partial charge in [-0.2, -0.15) is 0 Å². The number of ether oxygens (including phenoxy) is 4. The van der Waals surface area contributed by atoms with E-state index in [2.05, 4.69) is 17.0 Å². The standard InChI is InChI=1S/C37H55N3O10/c1-6-13-30(42)48-33-32(44)29(26-41)47-35(45)34(33)49-31(43)18-19-39(25-28-16-11-8-12-17-28)21-23-40(36(46)50-37(2,3)4)22-20-38(5)24-27-14-9-7-10-15-27/h7-12,14-17,29,32-35,41,44-45H,6,13,18-26H2,1-5H3/t29?,32-,33+,34?,35?/m1/s1. The lowest BCUT2D eigenvalue weighted by Crippen LogP contribution is -2.61. The first kappa shape index (κ1) is 40.8. The molecule has 1 fully saturated rings. The van der Waals surface area contributed by atoms with Gasteiger partial charge in [-0.05, 0) is 45.4 Å². The Bertz CT molecular complexity index is 1310. The van der Waals surface area contributed by atoms with Crippen molar-refractivity contribution >= 4 is 18.0 Å². The molecule has 1 aliphatic heterocycles. The fourth-order valence-corrected chi connectivity index (χ4v) is 5.45. The van der Waals surface area contributed by atoms with Crippen LogP contribution in [-0.4, -0.2) is 131 Å². The van der Waals surface area contributed by atoms with Gasteiger partial charge in [0.25, 0.3) is 0 Å². The molecule has 0 bridgehead atoms. The molecule has 0 spiro atoms. The van der Waals surface area contributed by atoms with Crippen molar-refractivity contribution in [2.24, 2.45) is 0 Å². The largest absolute Gasteiger partial charge is 0.455 e. The van der Waals surface area contributed by atoms with Crippen LogP contribution in [0.25, 0.3) is 0 Å². The molecule has 1 amide bonds. The molecule has 278 valence electrons. The number of carbonyl (C=O) groups is 3. The maximum atomic E-state index is 13.3. The summed E-state index contributed by atoms with van der Waals surface area (Å²) in [5.41, 5.74) is 1.49. The second kappa shape index (κ2) is 20.3. The molecule has 1 aliphatic rings. The fourth-order valence-electron chi connectivity index (χ4n) is 5.45. The monoisotopic (exact) mass is 701 g/mol. The number of rotatable bonds is 18. The molecular weight excluding hydrogens is 646 g/mol. The molecule has 50 heavy (non-hydrogen) atoms. The molecule has 1 saturated heterocycles. The Labute approximate surface area is 295 Å². The summed E-state index contributed by atoms with van der Waals surface area (Å²) in [7, 11) is 2.00. The predicted octanol–water partition coefficient (Wildman–Crippen LogP) is 2.94. The minimum atomic E-state index is -1.73. The normalized spacial score (nSPS) is 20.8. The van der Waals surface area contributed by atoms with Crippen molar-refractivity contribution in [3.05, 3.63) is 71.8 Å². The Kier molecular flexibility index (Phi) is 16.6. The van der Waals surface area contributed by atoms with E-state index in [0.717, 1.165) is 12.1 Å². The fraction of sp³-hybridized carbons (Fsp3) is 0.595. The van der Waals surface area contributed by atoms with Crippen LogP contribution in [0.3, 0.4) is 0 Å². The molecule has 0 saturated carbocycles. The van der Waals surface area contributed by atoms with E-state index in [4.69, 9.17) is 18.9 Å². The van der Waals surface area contributed by atoms with Gasteiger partial charge in [-0.15, -0.1) is 0 Å². The second-order valence-corrected chi connectivity index (χ2v) is 13.6. The minimum Gasteiger partial charge on any atom is -0.455 e. The van der Waals surface area contributed by atoms with Crippen molar-refractivity contribution in [3.8, 4) is 0 Å². The Morgan fingerprint density at radius 2 is 1.34 bits per heavy atom. The molecule has 1 heterocycles. The summed E-state index contributed by atoms with van der Waals surface area (Å²) in [6.45, 7) is 9.82. The molecule has 3 unspecified atom stereocenters. The average Bonchev–Trinajstić information content (AvgIpc) is 3.06. The van der Waals surface area contributed by atoms with Gasteiger partial charge in [0.05, 0.1) is 13.0 Å². The average molecular weight is 702 g/mol. The molecule has 5 atom stereocenters. The smallest absolute Gasteiger partial charge is 0.410 e. The van der Waals surface area contributed by atoms with Crippen LogP contribution >= 0.6 is 0 Å². The highest BCUT2D eigenvalue weighted by Crippen LogP contribution is 2.26. The van der Waals surface area contributed by atoms with Crippen LogP contribution in [0.2, 0.25) is 0 Å². The first-order valence-corrected chi connectivity index (χ1v) is 17.3. The SMILES string of the molecule is CCCC(=O)O[C@@H]1C(OC(=O)CCN(CCN(CCN(C)Cc2ccccc2)C(=O)OC(C)(C)C)Cc2ccccc2)C(O)OC(CO)[C@H]1O. The topological polar surface area (TPSA) is 159 Å². The zero-order valence-electron chi connectivity index (χ0n) is 30.0. The molecule has 2 aromatic rings. The van der Waals surface area contributed by atoms with E-state index < -0.39 is 60.9 Å². The summed E-state index contributed by atoms with van der Waals surface area (Å²) >= 11 is 0. The van der Waals surface area contributed by atoms with Crippen LogP contribution in [0.1, 0.15) is 58.1 Å². The quantitative estimate of drug-likeness (QED) is 0.154. The lowest BCUT2D eigenvalue weighted by Gasteiger charge is -2.41. The highest BCUT2D eigenvalue weighted by atomic mass is 16.7. The van der Waals surface area contributed by atoms with Gasteiger partial charge in [0, 0.05) is 52.2 Å². The number of aliphatic hydroxyl groups is 3.